The fraction of sp³-hybridized carbons (Fsp3) is 0.462. The standard InChI is InChI=1S/C13H18O9S.2K/c1-7-8(5-4-6-9(14)15)10(16)12(20-2)13(21-3)11(7)22-23(17,18)19;;/h16H,4-6H2,1-3H3,(H,14,15)(H,17,18,19);;/q;2*+1/p-2. The second-order valence-electron chi connectivity index (χ2n) is 4.56. The number of carboxylic acid groups (broad SMARTS) is 1. The van der Waals surface area contributed by atoms with Crippen LogP contribution in [0.3, 0.4) is 0 Å². The predicted molar refractivity (Wildman–Crippen MR) is 74.2 cm³/mol. The molecule has 9 nitrogen and oxygen atoms in total. The molecular weight excluding hydrogens is 410 g/mol. The number of carbonyl (C=O) groups excluding carboxylic acids is 1. The largest absolute Gasteiger partial charge is 1.00 e. The van der Waals surface area contributed by atoms with Crippen molar-refractivity contribution in [3.05, 3.63) is 11.1 Å². The first-order valence-electron chi connectivity index (χ1n) is 6.43. The summed E-state index contributed by atoms with van der Waals surface area (Å²) in [5.74, 6) is -2.51. The second-order valence-corrected chi connectivity index (χ2v) is 5.55. The van der Waals surface area contributed by atoms with Crippen LogP contribution in [0.1, 0.15) is 24.0 Å². The van der Waals surface area contributed by atoms with E-state index in [9.17, 15) is 28.0 Å². The van der Waals surface area contributed by atoms with Crippen molar-refractivity contribution in [1.82, 2.24) is 0 Å². The van der Waals surface area contributed by atoms with Gasteiger partial charge < -0.3 is 33.2 Å². The van der Waals surface area contributed by atoms with Crippen LogP contribution in [0.2, 0.25) is 0 Å². The number of carboxylic acids is 1. The zero-order valence-electron chi connectivity index (χ0n) is 14.7. The van der Waals surface area contributed by atoms with E-state index >= 15 is 0 Å². The zero-order valence-corrected chi connectivity index (χ0v) is 21.8. The van der Waals surface area contributed by atoms with Crippen LogP contribution in [-0.4, -0.2) is 38.3 Å². The number of carbonyl (C=O) groups is 1. The molecule has 1 aromatic carbocycles. The minimum Gasteiger partial charge on any atom is -0.716 e. The average Bonchev–Trinajstić information content (AvgIpc) is 2.43. The van der Waals surface area contributed by atoms with Gasteiger partial charge in [0.05, 0.1) is 14.2 Å². The SMILES string of the molecule is COc1c(O)c(CCCC(=O)[O-])c(C)c(OS(=O)(=O)[O-])c1OC.[K+].[K+]. The summed E-state index contributed by atoms with van der Waals surface area (Å²) in [6.45, 7) is 1.40. The van der Waals surface area contributed by atoms with Crippen molar-refractivity contribution in [2.75, 3.05) is 14.2 Å². The van der Waals surface area contributed by atoms with Crippen molar-refractivity contribution in [3.63, 3.8) is 0 Å². The molecule has 0 heterocycles. The molecule has 130 valence electrons. The maximum Gasteiger partial charge on any atom is 1.00 e. The summed E-state index contributed by atoms with van der Waals surface area (Å²) in [5.41, 5.74) is 0.306. The van der Waals surface area contributed by atoms with Crippen molar-refractivity contribution in [2.24, 2.45) is 0 Å². The van der Waals surface area contributed by atoms with Gasteiger partial charge >= 0.3 is 103 Å². The van der Waals surface area contributed by atoms with Crippen LogP contribution in [-0.2, 0) is 21.6 Å². The first-order valence-corrected chi connectivity index (χ1v) is 7.77. The molecule has 0 amide bonds. The minimum absolute atomic E-state index is 0. The molecule has 25 heavy (non-hydrogen) atoms. The third-order valence-corrected chi connectivity index (χ3v) is 3.48. The van der Waals surface area contributed by atoms with Crippen LogP contribution < -0.4 is 122 Å². The van der Waals surface area contributed by atoms with Gasteiger partial charge in [0.25, 0.3) is 10.4 Å². The number of aromatic hydroxyl groups is 1. The van der Waals surface area contributed by atoms with Gasteiger partial charge in [-0.15, -0.1) is 0 Å². The quantitative estimate of drug-likeness (QED) is 0.244. The number of aliphatic carboxylic acids is 1. The van der Waals surface area contributed by atoms with Crippen LogP contribution in [0.5, 0.6) is 23.0 Å². The summed E-state index contributed by atoms with van der Waals surface area (Å²) in [6.07, 6.45) is -0.0691. The predicted octanol–water partition coefficient (Wildman–Crippen LogP) is -6.36. The first kappa shape index (κ1) is 28.3. The molecular formula is C13H16K2O9S. The molecule has 0 aliphatic rings. The van der Waals surface area contributed by atoms with E-state index in [-0.39, 0.29) is 150 Å². The molecule has 0 spiro atoms. The minimum atomic E-state index is -5.09. The first-order chi connectivity index (χ1) is 10.6. The van der Waals surface area contributed by atoms with Crippen LogP contribution in [0.4, 0.5) is 0 Å². The monoisotopic (exact) mass is 426 g/mol. The molecule has 12 heteroatoms. The number of phenols is 1. The number of methoxy groups -OCH3 is 2. The number of hydrogen-bond donors (Lipinski definition) is 1. The normalized spacial score (nSPS) is 10.2. The Hall–Kier alpha value is 1.07. The number of benzene rings is 1. The fourth-order valence-electron chi connectivity index (χ4n) is 2.13. The topological polar surface area (TPSA) is 145 Å². The Balaban J connectivity index is 0. The van der Waals surface area contributed by atoms with Crippen molar-refractivity contribution in [2.45, 2.75) is 26.2 Å². The number of rotatable bonds is 8. The van der Waals surface area contributed by atoms with Gasteiger partial charge in [-0.2, -0.15) is 0 Å². The Morgan fingerprint density at radius 2 is 1.64 bits per heavy atom. The van der Waals surface area contributed by atoms with E-state index in [1.807, 2.05) is 0 Å². The van der Waals surface area contributed by atoms with Gasteiger partial charge in [0.15, 0.2) is 11.5 Å². The molecule has 0 aliphatic carbocycles. The van der Waals surface area contributed by atoms with Gasteiger partial charge in [-0.3, -0.25) is 0 Å². The van der Waals surface area contributed by atoms with Crippen molar-refractivity contribution >= 4 is 16.4 Å². The van der Waals surface area contributed by atoms with E-state index < -0.39 is 22.1 Å². The summed E-state index contributed by atoms with van der Waals surface area (Å²) < 4.78 is 47.0. The third-order valence-electron chi connectivity index (χ3n) is 3.11. The Labute approximate surface area is 231 Å². The van der Waals surface area contributed by atoms with Gasteiger partial charge in [0.1, 0.15) is 0 Å². The van der Waals surface area contributed by atoms with Gasteiger partial charge in [-0.1, -0.05) is 0 Å². The van der Waals surface area contributed by atoms with Gasteiger partial charge in [0, 0.05) is 17.1 Å². The van der Waals surface area contributed by atoms with E-state index in [0.29, 0.717) is 0 Å². The summed E-state index contributed by atoms with van der Waals surface area (Å²) in [6, 6.07) is 0. The number of hydrogen-bond acceptors (Lipinski definition) is 9. The zero-order chi connectivity index (χ0) is 17.8. The van der Waals surface area contributed by atoms with E-state index in [4.69, 9.17) is 9.47 Å². The molecule has 1 rings (SSSR count). The van der Waals surface area contributed by atoms with Crippen LogP contribution >= 0.6 is 0 Å². The second kappa shape index (κ2) is 12.5. The molecule has 0 atom stereocenters. The molecule has 0 aromatic heterocycles. The van der Waals surface area contributed by atoms with Crippen molar-refractivity contribution < 1.29 is 144 Å². The molecule has 0 saturated heterocycles. The average molecular weight is 427 g/mol. The van der Waals surface area contributed by atoms with Gasteiger partial charge in [-0.05, 0) is 26.2 Å². The van der Waals surface area contributed by atoms with Crippen LogP contribution in [0, 0.1) is 6.92 Å². The van der Waals surface area contributed by atoms with E-state index in [0.717, 1.165) is 0 Å². The fourth-order valence-corrected chi connectivity index (χ4v) is 2.53. The molecule has 0 aliphatic heterocycles. The molecule has 0 fully saturated rings. The smallest absolute Gasteiger partial charge is 0.716 e. The van der Waals surface area contributed by atoms with Crippen LogP contribution in [0.15, 0.2) is 0 Å². The number of ether oxygens (including phenoxy) is 2. The maximum absolute atomic E-state index is 10.9. The molecule has 0 bridgehead atoms. The molecule has 1 N–H and O–H groups in total. The Kier molecular flexibility index (Phi) is 14.2. The van der Waals surface area contributed by atoms with Crippen molar-refractivity contribution in [1.29, 1.82) is 0 Å². The maximum atomic E-state index is 10.9. The third kappa shape index (κ3) is 8.31. The van der Waals surface area contributed by atoms with E-state index in [1.165, 1.54) is 21.1 Å². The van der Waals surface area contributed by atoms with Crippen molar-refractivity contribution in [3.8, 4) is 23.0 Å². The Morgan fingerprint density at radius 3 is 2.04 bits per heavy atom. The Bertz CT molecular complexity index is 704. The van der Waals surface area contributed by atoms with Gasteiger partial charge in [-0.25, -0.2) is 8.42 Å². The van der Waals surface area contributed by atoms with Gasteiger partial charge in [0.2, 0.25) is 11.5 Å². The van der Waals surface area contributed by atoms with E-state index in [1.54, 1.807) is 0 Å². The summed E-state index contributed by atoms with van der Waals surface area (Å²) in [4.78, 5) is 10.5. The Morgan fingerprint density at radius 1 is 1.12 bits per heavy atom. The summed E-state index contributed by atoms with van der Waals surface area (Å²) in [5, 5.41) is 20.7. The summed E-state index contributed by atoms with van der Waals surface area (Å²) >= 11 is 0. The molecule has 0 unspecified atom stereocenters. The molecule has 1 aromatic rings. The van der Waals surface area contributed by atoms with E-state index in [2.05, 4.69) is 4.18 Å². The van der Waals surface area contributed by atoms with Crippen LogP contribution in [0.25, 0.3) is 0 Å². The number of phenolic OH excluding ortho intramolecular Hbond substituents is 1. The summed E-state index contributed by atoms with van der Waals surface area (Å²) in [7, 11) is -2.71. The molecule has 0 saturated carbocycles. The molecule has 0 radical (unpaired) electrons.